The maximum absolute atomic E-state index is 5.48. The van der Waals surface area contributed by atoms with E-state index in [0.717, 1.165) is 6.42 Å². The van der Waals surface area contributed by atoms with Crippen molar-refractivity contribution < 1.29 is 9.78 Å². The van der Waals surface area contributed by atoms with Gasteiger partial charge in [-0.3, -0.25) is 0 Å². The molecule has 1 unspecified atom stereocenters. The third kappa shape index (κ3) is 1.48. The first-order valence-corrected chi connectivity index (χ1v) is 3.54. The van der Waals surface area contributed by atoms with Crippen molar-refractivity contribution in [3.05, 3.63) is 0 Å². The third-order valence-corrected chi connectivity index (χ3v) is 1.70. The lowest BCUT2D eigenvalue weighted by atomic mass is 9.92. The van der Waals surface area contributed by atoms with Gasteiger partial charge in [0.15, 0.2) is 0 Å². The van der Waals surface area contributed by atoms with E-state index in [1.165, 1.54) is 0 Å². The molecule has 0 aromatic carbocycles. The van der Waals surface area contributed by atoms with Gasteiger partial charge >= 0.3 is 0 Å². The highest BCUT2D eigenvalue weighted by molar-refractivity contribution is 4.87. The highest BCUT2D eigenvalue weighted by atomic mass is 17.2. The van der Waals surface area contributed by atoms with Gasteiger partial charge in [0, 0.05) is 13.0 Å². The van der Waals surface area contributed by atoms with Gasteiger partial charge in [0.05, 0.1) is 0 Å². The van der Waals surface area contributed by atoms with Gasteiger partial charge in [-0.1, -0.05) is 0 Å². The molecule has 1 rings (SSSR count). The van der Waals surface area contributed by atoms with Crippen LogP contribution >= 0.6 is 0 Å². The lowest BCUT2D eigenvalue weighted by Crippen LogP contribution is -2.34. The van der Waals surface area contributed by atoms with Crippen LogP contribution in [0.15, 0.2) is 0 Å². The van der Waals surface area contributed by atoms with Gasteiger partial charge in [0.25, 0.3) is 0 Å². The Bertz CT molecular complexity index is 136. The van der Waals surface area contributed by atoms with Crippen LogP contribution in [0.3, 0.4) is 0 Å². The molecule has 0 saturated carbocycles. The van der Waals surface area contributed by atoms with Crippen LogP contribution in [0.4, 0.5) is 0 Å². The molecule has 3 heteroatoms. The van der Waals surface area contributed by atoms with E-state index in [2.05, 4.69) is 0 Å². The largest absolute Gasteiger partial charge is 0.328 e. The SMILES string of the molecule is CC1(C)CC(C)(CN)OO1. The summed E-state index contributed by atoms with van der Waals surface area (Å²) in [6.07, 6.45) is 0.858. The molecular weight excluding hydrogens is 130 g/mol. The van der Waals surface area contributed by atoms with Crippen LogP contribution in [-0.4, -0.2) is 17.7 Å². The monoisotopic (exact) mass is 145 g/mol. The van der Waals surface area contributed by atoms with Gasteiger partial charge in [-0.15, -0.1) is 0 Å². The first kappa shape index (κ1) is 7.98. The number of hydrogen-bond donors (Lipinski definition) is 1. The van der Waals surface area contributed by atoms with E-state index in [9.17, 15) is 0 Å². The smallest absolute Gasteiger partial charge is 0.116 e. The molecule has 0 bridgehead atoms. The maximum atomic E-state index is 5.48. The minimum absolute atomic E-state index is 0.172. The summed E-state index contributed by atoms with van der Waals surface area (Å²) in [4.78, 5) is 10.1. The predicted molar refractivity (Wildman–Crippen MR) is 38.3 cm³/mol. The molecule has 1 heterocycles. The summed E-state index contributed by atoms with van der Waals surface area (Å²) in [6, 6.07) is 0. The first-order valence-electron chi connectivity index (χ1n) is 3.54. The van der Waals surface area contributed by atoms with Crippen LogP contribution in [0.1, 0.15) is 27.2 Å². The Morgan fingerprint density at radius 1 is 1.30 bits per heavy atom. The minimum Gasteiger partial charge on any atom is -0.328 e. The van der Waals surface area contributed by atoms with E-state index in [0.29, 0.717) is 6.54 Å². The Balaban J connectivity index is 2.57. The second kappa shape index (κ2) is 2.19. The van der Waals surface area contributed by atoms with Gasteiger partial charge in [0.1, 0.15) is 11.2 Å². The lowest BCUT2D eigenvalue weighted by Gasteiger charge is -2.17. The zero-order valence-electron chi connectivity index (χ0n) is 6.81. The second-order valence-corrected chi connectivity index (χ2v) is 3.76. The van der Waals surface area contributed by atoms with E-state index >= 15 is 0 Å². The average molecular weight is 145 g/mol. The molecule has 1 aliphatic rings. The van der Waals surface area contributed by atoms with Crippen molar-refractivity contribution in [2.75, 3.05) is 6.54 Å². The molecule has 0 radical (unpaired) electrons. The van der Waals surface area contributed by atoms with E-state index in [-0.39, 0.29) is 11.2 Å². The summed E-state index contributed by atoms with van der Waals surface area (Å²) in [5.41, 5.74) is 5.04. The summed E-state index contributed by atoms with van der Waals surface area (Å²) in [7, 11) is 0. The van der Waals surface area contributed by atoms with Gasteiger partial charge in [-0.25, -0.2) is 9.78 Å². The normalized spacial score (nSPS) is 38.4. The Hall–Kier alpha value is -0.120. The molecule has 0 amide bonds. The highest BCUT2D eigenvalue weighted by Crippen LogP contribution is 2.34. The Labute approximate surface area is 61.4 Å². The third-order valence-electron chi connectivity index (χ3n) is 1.70. The fraction of sp³-hybridized carbons (Fsp3) is 1.00. The van der Waals surface area contributed by atoms with Crippen LogP contribution in [0, 0.1) is 0 Å². The van der Waals surface area contributed by atoms with Crippen LogP contribution in [-0.2, 0) is 9.78 Å². The Morgan fingerprint density at radius 2 is 1.90 bits per heavy atom. The van der Waals surface area contributed by atoms with Crippen LogP contribution in [0.5, 0.6) is 0 Å². The first-order chi connectivity index (χ1) is 4.47. The molecule has 60 valence electrons. The molecule has 2 N–H and O–H groups in total. The standard InChI is InChI=1S/C7H15NO2/c1-6(2)4-7(3,5-8)10-9-6/h4-5,8H2,1-3H3. The molecule has 10 heavy (non-hydrogen) atoms. The quantitative estimate of drug-likeness (QED) is 0.556. The zero-order valence-corrected chi connectivity index (χ0v) is 6.81. The van der Waals surface area contributed by atoms with Crippen molar-refractivity contribution in [3.63, 3.8) is 0 Å². The number of rotatable bonds is 1. The fourth-order valence-electron chi connectivity index (χ4n) is 1.28. The van der Waals surface area contributed by atoms with Crippen molar-refractivity contribution >= 4 is 0 Å². The van der Waals surface area contributed by atoms with E-state index in [1.54, 1.807) is 0 Å². The molecule has 0 spiro atoms. The average Bonchev–Trinajstić information content (AvgIpc) is 2.08. The second-order valence-electron chi connectivity index (χ2n) is 3.76. The predicted octanol–water partition coefficient (Wildman–Crippen LogP) is 0.834. The molecule has 0 aliphatic carbocycles. The summed E-state index contributed by atoms with van der Waals surface area (Å²) < 4.78 is 0. The molecule has 3 nitrogen and oxygen atoms in total. The molecule has 1 saturated heterocycles. The van der Waals surface area contributed by atoms with Gasteiger partial charge in [-0.2, -0.15) is 0 Å². The van der Waals surface area contributed by atoms with E-state index in [4.69, 9.17) is 15.5 Å². The summed E-state index contributed by atoms with van der Waals surface area (Å²) in [5.74, 6) is 0. The summed E-state index contributed by atoms with van der Waals surface area (Å²) in [6.45, 7) is 6.46. The Kier molecular flexibility index (Phi) is 1.75. The molecule has 0 aromatic heterocycles. The van der Waals surface area contributed by atoms with Gasteiger partial charge in [0.2, 0.25) is 0 Å². The van der Waals surface area contributed by atoms with Crippen molar-refractivity contribution in [2.45, 2.75) is 38.4 Å². The summed E-state index contributed by atoms with van der Waals surface area (Å²) in [5, 5.41) is 0. The van der Waals surface area contributed by atoms with Crippen molar-refractivity contribution in [3.8, 4) is 0 Å². The topological polar surface area (TPSA) is 44.5 Å². The lowest BCUT2D eigenvalue weighted by molar-refractivity contribution is -0.338. The minimum atomic E-state index is -0.274. The summed E-state index contributed by atoms with van der Waals surface area (Å²) >= 11 is 0. The zero-order chi connectivity index (χ0) is 7.83. The van der Waals surface area contributed by atoms with Crippen LogP contribution < -0.4 is 5.73 Å². The molecule has 1 atom stereocenters. The number of nitrogens with two attached hydrogens (primary N) is 1. The molecular formula is C7H15NO2. The highest BCUT2D eigenvalue weighted by Gasteiger charge is 2.42. The van der Waals surface area contributed by atoms with E-state index < -0.39 is 0 Å². The molecule has 1 aliphatic heterocycles. The van der Waals surface area contributed by atoms with Crippen molar-refractivity contribution in [1.82, 2.24) is 0 Å². The Morgan fingerprint density at radius 3 is 2.10 bits per heavy atom. The van der Waals surface area contributed by atoms with Gasteiger partial charge in [-0.05, 0) is 20.8 Å². The van der Waals surface area contributed by atoms with Crippen LogP contribution in [0.25, 0.3) is 0 Å². The fourth-order valence-corrected chi connectivity index (χ4v) is 1.28. The van der Waals surface area contributed by atoms with Crippen molar-refractivity contribution in [1.29, 1.82) is 0 Å². The van der Waals surface area contributed by atoms with Crippen molar-refractivity contribution in [2.24, 2.45) is 5.73 Å². The molecule has 1 fully saturated rings. The van der Waals surface area contributed by atoms with Gasteiger partial charge < -0.3 is 5.73 Å². The molecule has 0 aromatic rings. The maximum Gasteiger partial charge on any atom is 0.116 e. The van der Waals surface area contributed by atoms with E-state index in [1.807, 2.05) is 20.8 Å². The number of hydrogen-bond acceptors (Lipinski definition) is 3. The van der Waals surface area contributed by atoms with Crippen LogP contribution in [0.2, 0.25) is 0 Å².